The highest BCUT2D eigenvalue weighted by atomic mass is 16.7. The van der Waals surface area contributed by atoms with Gasteiger partial charge in [-0.05, 0) is 64.2 Å². The SMILES string of the molecule is CC/C=C\C/C=C\C/C=C\C/C=C\C/C=C\CCCCCC(=O)NC(COC1OC(CO)C(O)C(O)C1O)C(O)/C=C/CCCCCCCCCCCCCCCCCCCCCCCCCCCCCC. The quantitative estimate of drug-likeness (QED) is 0.0261. The van der Waals surface area contributed by atoms with Gasteiger partial charge in [0.15, 0.2) is 6.29 Å². The third kappa shape index (κ3) is 40.9. The molecule has 7 atom stereocenters. The van der Waals surface area contributed by atoms with Crippen LogP contribution in [0.25, 0.3) is 0 Å². The summed E-state index contributed by atoms with van der Waals surface area (Å²) < 4.78 is 11.3. The van der Waals surface area contributed by atoms with Crippen LogP contribution in [0.1, 0.15) is 264 Å². The summed E-state index contributed by atoms with van der Waals surface area (Å²) in [6.45, 7) is 3.66. The van der Waals surface area contributed by atoms with Crippen LogP contribution < -0.4 is 5.32 Å². The van der Waals surface area contributed by atoms with Crippen molar-refractivity contribution in [3.8, 4) is 0 Å². The van der Waals surface area contributed by atoms with Crippen LogP contribution in [0.3, 0.4) is 0 Å². The van der Waals surface area contributed by atoms with Gasteiger partial charge in [-0.15, -0.1) is 0 Å². The topological polar surface area (TPSA) is 149 Å². The third-order valence-corrected chi connectivity index (χ3v) is 14.0. The molecule has 0 aromatic rings. The van der Waals surface area contributed by atoms with E-state index in [0.717, 1.165) is 70.6 Å². The molecule has 418 valence electrons. The van der Waals surface area contributed by atoms with E-state index in [4.69, 9.17) is 9.47 Å². The Labute approximate surface area is 442 Å². The molecule has 6 N–H and O–H groups in total. The molecule has 72 heavy (non-hydrogen) atoms. The van der Waals surface area contributed by atoms with Crippen molar-refractivity contribution < 1.29 is 39.8 Å². The first-order valence-electron chi connectivity index (χ1n) is 30.2. The van der Waals surface area contributed by atoms with Gasteiger partial charge < -0.3 is 40.3 Å². The van der Waals surface area contributed by atoms with E-state index >= 15 is 0 Å². The maximum atomic E-state index is 13.0. The number of unbranched alkanes of at least 4 members (excludes halogenated alkanes) is 31. The van der Waals surface area contributed by atoms with E-state index in [1.54, 1.807) is 6.08 Å². The number of amides is 1. The van der Waals surface area contributed by atoms with E-state index in [2.05, 4.69) is 79.9 Å². The lowest BCUT2D eigenvalue weighted by Gasteiger charge is -2.40. The molecule has 1 fully saturated rings. The highest BCUT2D eigenvalue weighted by Crippen LogP contribution is 2.23. The van der Waals surface area contributed by atoms with Crippen molar-refractivity contribution in [1.82, 2.24) is 5.32 Å². The number of ether oxygens (including phenoxy) is 2. The zero-order chi connectivity index (χ0) is 52.2. The van der Waals surface area contributed by atoms with Crippen LogP contribution >= 0.6 is 0 Å². The minimum Gasteiger partial charge on any atom is -0.394 e. The van der Waals surface area contributed by atoms with E-state index < -0.39 is 49.5 Å². The fourth-order valence-electron chi connectivity index (χ4n) is 9.30. The van der Waals surface area contributed by atoms with Crippen LogP contribution in [0.5, 0.6) is 0 Å². The summed E-state index contributed by atoms with van der Waals surface area (Å²) in [4.78, 5) is 13.0. The number of allylic oxidation sites excluding steroid dienone is 11. The monoisotopic (exact) mass is 1010 g/mol. The van der Waals surface area contributed by atoms with E-state index in [0.29, 0.717) is 12.8 Å². The van der Waals surface area contributed by atoms with Gasteiger partial charge in [0.1, 0.15) is 24.4 Å². The number of carbonyl (C=O) groups excluding carboxylic acids is 1. The highest BCUT2D eigenvalue weighted by Gasteiger charge is 2.44. The van der Waals surface area contributed by atoms with Crippen LogP contribution in [0.15, 0.2) is 72.9 Å². The lowest BCUT2D eigenvalue weighted by Crippen LogP contribution is -2.60. The molecular weight excluding hydrogens is 899 g/mol. The molecule has 0 aromatic heterocycles. The van der Waals surface area contributed by atoms with Crippen molar-refractivity contribution in [2.75, 3.05) is 13.2 Å². The van der Waals surface area contributed by atoms with Crippen molar-refractivity contribution >= 4 is 5.91 Å². The van der Waals surface area contributed by atoms with Crippen molar-refractivity contribution in [1.29, 1.82) is 0 Å². The summed E-state index contributed by atoms with van der Waals surface area (Å²) in [5.74, 6) is -0.208. The van der Waals surface area contributed by atoms with Crippen LogP contribution in [0, 0.1) is 0 Å². The summed E-state index contributed by atoms with van der Waals surface area (Å²) in [6, 6.07) is -0.828. The number of nitrogens with one attached hydrogen (secondary N) is 1. The fourth-order valence-corrected chi connectivity index (χ4v) is 9.30. The lowest BCUT2D eigenvalue weighted by molar-refractivity contribution is -0.302. The van der Waals surface area contributed by atoms with E-state index in [-0.39, 0.29) is 12.5 Å². The molecule has 0 saturated carbocycles. The van der Waals surface area contributed by atoms with Gasteiger partial charge in [0.05, 0.1) is 25.4 Å². The lowest BCUT2D eigenvalue weighted by atomic mass is 9.99. The van der Waals surface area contributed by atoms with Gasteiger partial charge in [-0.25, -0.2) is 0 Å². The normalized spacial score (nSPS) is 19.7. The molecule has 0 bridgehead atoms. The molecule has 0 aliphatic carbocycles. The first-order chi connectivity index (χ1) is 35.3. The zero-order valence-electron chi connectivity index (χ0n) is 46.4. The molecular formula is C63H113NO8. The fraction of sp³-hybridized carbons (Fsp3) is 0.794. The Bertz CT molecular complexity index is 1360. The predicted molar refractivity (Wildman–Crippen MR) is 304 cm³/mol. The molecule has 1 heterocycles. The molecule has 9 heteroatoms. The van der Waals surface area contributed by atoms with Crippen molar-refractivity contribution in [2.24, 2.45) is 0 Å². The first kappa shape index (κ1) is 67.6. The molecule has 1 saturated heterocycles. The van der Waals surface area contributed by atoms with Crippen molar-refractivity contribution in [3.63, 3.8) is 0 Å². The Hall–Kier alpha value is -2.37. The summed E-state index contributed by atoms with van der Waals surface area (Å²) in [5.41, 5.74) is 0. The van der Waals surface area contributed by atoms with E-state index in [1.807, 2.05) is 6.08 Å². The Kier molecular flexibility index (Phi) is 48.9. The van der Waals surface area contributed by atoms with Gasteiger partial charge in [0.2, 0.25) is 5.91 Å². The van der Waals surface area contributed by atoms with E-state index in [9.17, 15) is 30.3 Å². The average Bonchev–Trinajstić information content (AvgIpc) is 3.38. The maximum absolute atomic E-state index is 13.0. The van der Waals surface area contributed by atoms with Crippen molar-refractivity contribution in [3.05, 3.63) is 72.9 Å². The van der Waals surface area contributed by atoms with Crippen LogP contribution in [0.2, 0.25) is 0 Å². The molecule has 1 rings (SSSR count). The van der Waals surface area contributed by atoms with Crippen LogP contribution in [0.4, 0.5) is 0 Å². The Balaban J connectivity index is 2.21. The second-order valence-corrected chi connectivity index (χ2v) is 20.8. The molecule has 0 spiro atoms. The standard InChI is InChI=1S/C63H113NO8/c1-3-5-7-9-11-13-15-17-19-21-23-24-25-26-27-28-29-30-31-32-33-35-36-38-40-42-44-46-48-50-52-57(66)56(55-71-63-62(70)61(69)60(68)58(54-65)72-63)64-59(67)53-51-49-47-45-43-41-39-37-34-22-20-18-16-14-12-10-8-6-4-2/h6,8,12,14,18,20,34,37,41,43,50,52,56-58,60-63,65-66,68-70H,3-5,7,9-11,13,15-17,19,21-33,35-36,38-40,42,44-49,51,53-55H2,1-2H3,(H,64,67)/b8-6-,14-12-,20-18-,37-34-,43-41-,52-50+. The second kappa shape index (κ2) is 52.1. The van der Waals surface area contributed by atoms with Gasteiger partial charge in [-0.1, -0.05) is 267 Å². The molecule has 1 amide bonds. The largest absolute Gasteiger partial charge is 0.394 e. The number of hydrogen-bond donors (Lipinski definition) is 6. The molecule has 7 unspecified atom stereocenters. The summed E-state index contributed by atoms with van der Waals surface area (Å²) in [7, 11) is 0. The van der Waals surface area contributed by atoms with Crippen molar-refractivity contribution in [2.45, 2.75) is 307 Å². The molecule has 0 aromatic carbocycles. The Morgan fingerprint density at radius 3 is 1.28 bits per heavy atom. The predicted octanol–water partition coefficient (Wildman–Crippen LogP) is 15.2. The second-order valence-electron chi connectivity index (χ2n) is 20.8. The average molecular weight is 1010 g/mol. The van der Waals surface area contributed by atoms with Gasteiger partial charge in [-0.3, -0.25) is 4.79 Å². The number of aliphatic hydroxyl groups is 5. The highest BCUT2D eigenvalue weighted by molar-refractivity contribution is 5.76. The van der Waals surface area contributed by atoms with E-state index in [1.165, 1.54) is 167 Å². The van der Waals surface area contributed by atoms with Gasteiger partial charge in [-0.2, -0.15) is 0 Å². The van der Waals surface area contributed by atoms with Gasteiger partial charge in [0, 0.05) is 6.42 Å². The number of aliphatic hydroxyl groups excluding tert-OH is 5. The molecule has 0 radical (unpaired) electrons. The minimum atomic E-state index is -1.58. The number of hydrogen-bond acceptors (Lipinski definition) is 8. The van der Waals surface area contributed by atoms with Gasteiger partial charge in [0.25, 0.3) is 0 Å². The minimum absolute atomic E-state index is 0.205. The van der Waals surface area contributed by atoms with Crippen LogP contribution in [-0.2, 0) is 14.3 Å². The van der Waals surface area contributed by atoms with Crippen LogP contribution in [-0.4, -0.2) is 87.5 Å². The Morgan fingerprint density at radius 1 is 0.486 bits per heavy atom. The number of carbonyl (C=O) groups is 1. The maximum Gasteiger partial charge on any atom is 0.220 e. The molecule has 1 aliphatic heterocycles. The first-order valence-corrected chi connectivity index (χ1v) is 30.2. The Morgan fingerprint density at radius 2 is 0.861 bits per heavy atom. The summed E-state index contributed by atoms with van der Waals surface area (Å²) in [6.07, 6.45) is 65.5. The number of rotatable bonds is 51. The third-order valence-electron chi connectivity index (χ3n) is 14.0. The van der Waals surface area contributed by atoms with Gasteiger partial charge >= 0.3 is 0 Å². The summed E-state index contributed by atoms with van der Waals surface area (Å²) >= 11 is 0. The zero-order valence-corrected chi connectivity index (χ0v) is 46.4. The molecule has 1 aliphatic rings. The smallest absolute Gasteiger partial charge is 0.220 e. The molecule has 9 nitrogen and oxygen atoms in total. The summed E-state index contributed by atoms with van der Waals surface area (Å²) in [5, 5.41) is 54.5.